The van der Waals surface area contributed by atoms with E-state index in [4.69, 9.17) is 0 Å². The third-order valence-electron chi connectivity index (χ3n) is 5.49. The van der Waals surface area contributed by atoms with Crippen molar-refractivity contribution >= 4 is 23.2 Å². The van der Waals surface area contributed by atoms with E-state index < -0.39 is 0 Å². The van der Waals surface area contributed by atoms with Crippen LogP contribution in [-0.4, -0.2) is 47.4 Å². The Hall–Kier alpha value is -2.25. The van der Waals surface area contributed by atoms with E-state index in [1.165, 1.54) is 11.3 Å². The Morgan fingerprint density at radius 1 is 1.27 bits per heavy atom. The van der Waals surface area contributed by atoms with Gasteiger partial charge in [0.25, 0.3) is 0 Å². The number of hydrogen-bond donors (Lipinski definition) is 2. The smallest absolute Gasteiger partial charge is 0.235 e. The van der Waals surface area contributed by atoms with Gasteiger partial charge in [-0.05, 0) is 38.3 Å². The van der Waals surface area contributed by atoms with Crippen molar-refractivity contribution in [1.29, 1.82) is 0 Å². The third-order valence-corrected chi connectivity index (χ3v) is 6.33. The highest BCUT2D eigenvalue weighted by molar-refractivity contribution is 7.09. The molecule has 1 saturated heterocycles. The number of likely N-dealkylation sites (tertiary alicyclic amines) is 1. The van der Waals surface area contributed by atoms with Crippen LogP contribution in [0.4, 0.5) is 0 Å². The van der Waals surface area contributed by atoms with Crippen molar-refractivity contribution in [3.8, 4) is 0 Å². The van der Waals surface area contributed by atoms with Gasteiger partial charge in [-0.15, -0.1) is 11.3 Å². The molecule has 7 heteroatoms. The van der Waals surface area contributed by atoms with Crippen LogP contribution in [0.5, 0.6) is 0 Å². The van der Waals surface area contributed by atoms with Crippen molar-refractivity contribution < 1.29 is 9.59 Å². The van der Waals surface area contributed by atoms with E-state index in [2.05, 4.69) is 34.4 Å². The summed E-state index contributed by atoms with van der Waals surface area (Å²) in [5.41, 5.74) is 1.02. The van der Waals surface area contributed by atoms with Crippen LogP contribution in [0, 0.1) is 5.92 Å². The van der Waals surface area contributed by atoms with Crippen molar-refractivity contribution in [2.45, 2.75) is 51.6 Å². The molecule has 3 atom stereocenters. The van der Waals surface area contributed by atoms with Crippen molar-refractivity contribution in [1.82, 2.24) is 20.5 Å². The van der Waals surface area contributed by atoms with Gasteiger partial charge < -0.3 is 10.6 Å². The summed E-state index contributed by atoms with van der Waals surface area (Å²) in [6, 6.07) is 9.86. The lowest BCUT2D eigenvalue weighted by Gasteiger charge is -2.32. The lowest BCUT2D eigenvalue weighted by Crippen LogP contribution is -2.48. The fourth-order valence-electron chi connectivity index (χ4n) is 4.00. The van der Waals surface area contributed by atoms with Crippen molar-refractivity contribution in [2.75, 3.05) is 19.6 Å². The van der Waals surface area contributed by atoms with Crippen molar-refractivity contribution in [3.63, 3.8) is 0 Å². The Morgan fingerprint density at radius 3 is 2.77 bits per heavy atom. The molecule has 3 rings (SSSR count). The fraction of sp³-hybridized carbons (Fsp3) is 0.522. The molecule has 0 saturated carbocycles. The Balaban J connectivity index is 1.57. The number of benzene rings is 1. The lowest BCUT2D eigenvalue weighted by molar-refractivity contribution is -0.129. The molecule has 1 aromatic carbocycles. The van der Waals surface area contributed by atoms with Crippen LogP contribution in [0.2, 0.25) is 0 Å². The molecule has 1 aromatic heterocycles. The zero-order valence-electron chi connectivity index (χ0n) is 17.8. The first-order valence-corrected chi connectivity index (χ1v) is 11.7. The highest BCUT2D eigenvalue weighted by Crippen LogP contribution is 2.24. The number of hydrogen-bond acceptors (Lipinski definition) is 5. The minimum Gasteiger partial charge on any atom is -0.353 e. The summed E-state index contributed by atoms with van der Waals surface area (Å²) in [6.45, 7) is 5.94. The third kappa shape index (κ3) is 6.37. The summed E-state index contributed by atoms with van der Waals surface area (Å²) in [5.74, 6) is 0.0280. The van der Waals surface area contributed by atoms with Gasteiger partial charge in [0.1, 0.15) is 11.0 Å². The average Bonchev–Trinajstić information content (AvgIpc) is 3.27. The van der Waals surface area contributed by atoms with E-state index in [-0.39, 0.29) is 29.8 Å². The fourth-order valence-corrected chi connectivity index (χ4v) is 4.71. The molecule has 0 bridgehead atoms. The van der Waals surface area contributed by atoms with Crippen LogP contribution in [0.15, 0.2) is 41.9 Å². The molecule has 0 radical (unpaired) electrons. The minimum atomic E-state index is -0.252. The van der Waals surface area contributed by atoms with Gasteiger partial charge in [-0.25, -0.2) is 4.98 Å². The molecule has 1 aliphatic rings. The summed E-state index contributed by atoms with van der Waals surface area (Å²) < 4.78 is 0. The monoisotopic (exact) mass is 428 g/mol. The molecular formula is C23H32N4O2S. The van der Waals surface area contributed by atoms with Crippen LogP contribution >= 0.6 is 11.3 Å². The van der Waals surface area contributed by atoms with Crippen LogP contribution in [0.25, 0.3) is 0 Å². The first-order chi connectivity index (χ1) is 14.6. The largest absolute Gasteiger partial charge is 0.353 e. The SMILES string of the molecule is CCCC(C)NC(=O)C1CCCN(CC(=O)NC(c2ccccc2)c2nccs2)C1. The van der Waals surface area contributed by atoms with Crippen LogP contribution in [0.1, 0.15) is 56.1 Å². The molecule has 2 N–H and O–H groups in total. The second kappa shape index (κ2) is 11.2. The maximum atomic E-state index is 12.9. The number of amides is 2. The Kier molecular flexibility index (Phi) is 8.39. The molecule has 1 fully saturated rings. The molecule has 2 heterocycles. The summed E-state index contributed by atoms with van der Waals surface area (Å²) in [7, 11) is 0. The van der Waals surface area contributed by atoms with Gasteiger partial charge >= 0.3 is 0 Å². The highest BCUT2D eigenvalue weighted by Gasteiger charge is 2.28. The molecule has 3 unspecified atom stereocenters. The zero-order chi connectivity index (χ0) is 21.3. The van der Waals surface area contributed by atoms with Crippen molar-refractivity contribution in [3.05, 3.63) is 52.5 Å². The molecule has 30 heavy (non-hydrogen) atoms. The van der Waals surface area contributed by atoms with Gasteiger partial charge in [-0.1, -0.05) is 43.7 Å². The quantitative estimate of drug-likeness (QED) is 0.642. The van der Waals surface area contributed by atoms with Crippen LogP contribution in [-0.2, 0) is 9.59 Å². The first-order valence-electron chi connectivity index (χ1n) is 10.8. The number of aromatic nitrogens is 1. The highest BCUT2D eigenvalue weighted by atomic mass is 32.1. The second-order valence-electron chi connectivity index (χ2n) is 8.05. The predicted octanol–water partition coefficient (Wildman–Crippen LogP) is 3.37. The van der Waals surface area contributed by atoms with Crippen molar-refractivity contribution in [2.24, 2.45) is 5.92 Å². The topological polar surface area (TPSA) is 74.3 Å². The van der Waals surface area contributed by atoms with Gasteiger partial charge in [-0.2, -0.15) is 0 Å². The molecule has 2 amide bonds. The predicted molar refractivity (Wildman–Crippen MR) is 120 cm³/mol. The van der Waals surface area contributed by atoms with Crippen LogP contribution in [0.3, 0.4) is 0 Å². The summed E-state index contributed by atoms with van der Waals surface area (Å²) in [6.07, 6.45) is 5.62. The van der Waals surface area contributed by atoms with Crippen LogP contribution < -0.4 is 10.6 Å². The molecule has 0 aliphatic carbocycles. The van der Waals surface area contributed by atoms with E-state index in [0.717, 1.165) is 42.8 Å². The second-order valence-corrected chi connectivity index (χ2v) is 8.98. The standard InChI is InChI=1S/C23H32N4O2S/c1-3-8-17(2)25-22(29)19-11-7-13-27(15-19)16-20(28)26-21(23-24-12-14-30-23)18-9-5-4-6-10-18/h4-6,9-10,12,14,17,19,21H,3,7-8,11,13,15-16H2,1-2H3,(H,25,29)(H,26,28). The summed E-state index contributed by atoms with van der Waals surface area (Å²) >= 11 is 1.54. The van der Waals surface area contributed by atoms with E-state index in [1.807, 2.05) is 35.7 Å². The minimum absolute atomic E-state index is 0.0422. The molecule has 1 aliphatic heterocycles. The number of nitrogens with zero attached hydrogens (tertiary/aromatic N) is 2. The Labute approximate surface area is 183 Å². The van der Waals surface area contributed by atoms with Gasteiger partial charge in [0.2, 0.25) is 11.8 Å². The summed E-state index contributed by atoms with van der Waals surface area (Å²) in [4.78, 5) is 31.9. The van der Waals surface area contributed by atoms with E-state index >= 15 is 0 Å². The molecular weight excluding hydrogens is 396 g/mol. The number of piperidine rings is 1. The first kappa shape index (κ1) is 22.4. The number of carbonyl (C=O) groups excluding carboxylic acids is 2. The summed E-state index contributed by atoms with van der Waals surface area (Å²) in [5, 5.41) is 9.06. The number of carbonyl (C=O) groups is 2. The number of thiazole rings is 1. The van der Waals surface area contributed by atoms with Gasteiger partial charge in [0, 0.05) is 24.2 Å². The average molecular weight is 429 g/mol. The Bertz CT molecular complexity index is 797. The Morgan fingerprint density at radius 2 is 2.07 bits per heavy atom. The van der Waals surface area contributed by atoms with Gasteiger partial charge in [0.15, 0.2) is 0 Å². The van der Waals surface area contributed by atoms with E-state index in [0.29, 0.717) is 13.1 Å². The van der Waals surface area contributed by atoms with Gasteiger partial charge in [-0.3, -0.25) is 14.5 Å². The molecule has 0 spiro atoms. The van der Waals surface area contributed by atoms with E-state index in [9.17, 15) is 9.59 Å². The maximum Gasteiger partial charge on any atom is 0.235 e. The molecule has 2 aromatic rings. The lowest BCUT2D eigenvalue weighted by atomic mass is 9.96. The van der Waals surface area contributed by atoms with E-state index in [1.54, 1.807) is 6.20 Å². The maximum absolute atomic E-state index is 12.9. The normalized spacial score (nSPS) is 19.1. The number of nitrogens with one attached hydrogen (secondary N) is 2. The molecule has 6 nitrogen and oxygen atoms in total. The number of rotatable bonds is 9. The molecule has 162 valence electrons. The zero-order valence-corrected chi connectivity index (χ0v) is 18.7. The van der Waals surface area contributed by atoms with Gasteiger partial charge in [0.05, 0.1) is 12.5 Å².